The Morgan fingerprint density at radius 3 is 2.39 bits per heavy atom. The molecule has 0 aliphatic carbocycles. The van der Waals surface area contributed by atoms with Gasteiger partial charge in [0.05, 0.1) is 18.0 Å². The summed E-state index contributed by atoms with van der Waals surface area (Å²) in [6.07, 6.45) is 1.76. The molecule has 1 N–H and O–H groups in total. The van der Waals surface area contributed by atoms with E-state index in [0.717, 1.165) is 16.7 Å². The van der Waals surface area contributed by atoms with Crippen LogP contribution in [0.5, 0.6) is 0 Å². The van der Waals surface area contributed by atoms with Gasteiger partial charge in [0.25, 0.3) is 0 Å². The number of rotatable bonds is 8. The average Bonchev–Trinajstić information content (AvgIpc) is 2.60. The fourth-order valence-corrected chi connectivity index (χ4v) is 4.00. The topological polar surface area (TPSA) is 66.5 Å². The molecule has 5 nitrogen and oxygen atoms in total. The molecule has 0 saturated carbocycles. The van der Waals surface area contributed by atoms with Crippen LogP contribution in [0.1, 0.15) is 42.5 Å². The summed E-state index contributed by atoms with van der Waals surface area (Å²) in [5.41, 5.74) is 3.29. The third-order valence-corrected chi connectivity index (χ3v) is 5.73. The van der Waals surface area contributed by atoms with Crippen molar-refractivity contribution in [1.82, 2.24) is 5.32 Å². The van der Waals surface area contributed by atoms with Crippen molar-refractivity contribution in [2.45, 2.75) is 39.7 Å². The first-order valence-electron chi connectivity index (χ1n) is 9.17. The van der Waals surface area contributed by atoms with Gasteiger partial charge in [-0.2, -0.15) is 0 Å². The number of aryl methyl sites for hydroxylation is 2. The van der Waals surface area contributed by atoms with Gasteiger partial charge in [0.1, 0.15) is 5.82 Å². The van der Waals surface area contributed by atoms with E-state index < -0.39 is 10.0 Å². The molecule has 0 radical (unpaired) electrons. The van der Waals surface area contributed by atoms with Crippen molar-refractivity contribution in [2.75, 3.05) is 17.1 Å². The molecule has 0 aromatic heterocycles. The van der Waals surface area contributed by atoms with Crippen molar-refractivity contribution in [3.05, 3.63) is 65.0 Å². The highest BCUT2D eigenvalue weighted by Gasteiger charge is 2.20. The Morgan fingerprint density at radius 2 is 1.79 bits per heavy atom. The third kappa shape index (κ3) is 6.05. The minimum absolute atomic E-state index is 0.175. The van der Waals surface area contributed by atoms with Crippen molar-refractivity contribution in [1.29, 1.82) is 0 Å². The second-order valence-corrected chi connectivity index (χ2v) is 8.98. The van der Waals surface area contributed by atoms with Gasteiger partial charge in [0.15, 0.2) is 0 Å². The van der Waals surface area contributed by atoms with E-state index in [0.29, 0.717) is 12.1 Å². The smallest absolute Gasteiger partial charge is 0.232 e. The summed E-state index contributed by atoms with van der Waals surface area (Å²) in [5, 5.41) is 2.86. The lowest BCUT2D eigenvalue weighted by atomic mass is 10.1. The van der Waals surface area contributed by atoms with Crippen LogP contribution in [0.4, 0.5) is 10.1 Å². The molecule has 0 spiro atoms. The molecular formula is C21H27FN2O3S. The Bertz CT molecular complexity index is 927. The summed E-state index contributed by atoms with van der Waals surface area (Å²) in [6.45, 7) is 5.82. The normalized spacial score (nSPS) is 12.5. The van der Waals surface area contributed by atoms with Crippen LogP contribution in [-0.4, -0.2) is 27.1 Å². The first-order chi connectivity index (χ1) is 13.1. The highest BCUT2D eigenvalue weighted by atomic mass is 32.2. The summed E-state index contributed by atoms with van der Waals surface area (Å²) in [5.74, 6) is -0.499. The fraction of sp³-hybridized carbons (Fsp3) is 0.381. The number of carbonyl (C=O) groups is 1. The Balaban J connectivity index is 1.97. The highest BCUT2D eigenvalue weighted by molar-refractivity contribution is 7.92. The fourth-order valence-electron chi connectivity index (χ4n) is 2.98. The molecule has 0 bridgehead atoms. The summed E-state index contributed by atoms with van der Waals surface area (Å²) >= 11 is 0. The van der Waals surface area contributed by atoms with Crippen molar-refractivity contribution < 1.29 is 17.6 Å². The molecule has 152 valence electrons. The molecule has 0 aliphatic heterocycles. The number of hydrogen-bond acceptors (Lipinski definition) is 3. The summed E-state index contributed by atoms with van der Waals surface area (Å²) in [4.78, 5) is 12.2. The monoisotopic (exact) mass is 406 g/mol. The number of benzene rings is 2. The van der Waals surface area contributed by atoms with Gasteiger partial charge in [-0.05, 0) is 62.1 Å². The van der Waals surface area contributed by atoms with Crippen LogP contribution in [0.3, 0.4) is 0 Å². The summed E-state index contributed by atoms with van der Waals surface area (Å²) < 4.78 is 38.9. The van der Waals surface area contributed by atoms with Gasteiger partial charge in [-0.15, -0.1) is 0 Å². The molecule has 1 atom stereocenters. The van der Waals surface area contributed by atoms with Crippen molar-refractivity contribution >= 4 is 21.6 Å². The van der Waals surface area contributed by atoms with Crippen LogP contribution in [0.25, 0.3) is 0 Å². The Kier molecular flexibility index (Phi) is 7.18. The minimum Gasteiger partial charge on any atom is -0.350 e. The highest BCUT2D eigenvalue weighted by Crippen LogP contribution is 2.24. The SMILES string of the molecule is Cc1ccc(C)c(N(CCCC(=O)N[C@H](C)c2ccc(F)cc2)S(C)(=O)=O)c1. The van der Waals surface area contributed by atoms with Crippen LogP contribution >= 0.6 is 0 Å². The van der Waals surface area contributed by atoms with Gasteiger partial charge in [-0.25, -0.2) is 12.8 Å². The van der Waals surface area contributed by atoms with Gasteiger partial charge in [0.2, 0.25) is 15.9 Å². The number of halogens is 1. The van der Waals surface area contributed by atoms with E-state index in [4.69, 9.17) is 0 Å². The second-order valence-electron chi connectivity index (χ2n) is 7.07. The van der Waals surface area contributed by atoms with E-state index in [-0.39, 0.29) is 30.7 Å². The predicted octanol–water partition coefficient (Wildman–Crippen LogP) is 3.87. The largest absolute Gasteiger partial charge is 0.350 e. The van der Waals surface area contributed by atoms with E-state index in [1.807, 2.05) is 39.0 Å². The second kappa shape index (κ2) is 9.19. The zero-order chi connectivity index (χ0) is 20.9. The molecule has 0 saturated heterocycles. The molecule has 2 rings (SSSR count). The van der Waals surface area contributed by atoms with Gasteiger partial charge in [0, 0.05) is 13.0 Å². The number of sulfonamides is 1. The van der Waals surface area contributed by atoms with Crippen molar-refractivity contribution in [3.63, 3.8) is 0 Å². The van der Waals surface area contributed by atoms with Crippen LogP contribution in [0.2, 0.25) is 0 Å². The molecule has 2 aromatic rings. The lowest BCUT2D eigenvalue weighted by Gasteiger charge is -2.24. The standard InChI is InChI=1S/C21H27FN2O3S/c1-15-7-8-16(2)20(14-15)24(28(4,26)27)13-5-6-21(25)23-17(3)18-9-11-19(22)12-10-18/h7-12,14,17H,5-6,13H2,1-4H3,(H,23,25)/t17-/m1/s1. The molecule has 28 heavy (non-hydrogen) atoms. The molecule has 7 heteroatoms. The molecule has 0 heterocycles. The van der Waals surface area contributed by atoms with Crippen molar-refractivity contribution in [2.24, 2.45) is 0 Å². The molecule has 0 aliphatic rings. The molecule has 0 fully saturated rings. The number of amides is 1. The van der Waals surface area contributed by atoms with E-state index in [2.05, 4.69) is 5.32 Å². The maximum atomic E-state index is 13.0. The van der Waals surface area contributed by atoms with Gasteiger partial charge < -0.3 is 5.32 Å². The zero-order valence-corrected chi connectivity index (χ0v) is 17.5. The lowest BCUT2D eigenvalue weighted by Crippen LogP contribution is -2.33. The molecular weight excluding hydrogens is 379 g/mol. The van der Waals surface area contributed by atoms with Crippen LogP contribution in [-0.2, 0) is 14.8 Å². The van der Waals surface area contributed by atoms with E-state index in [1.54, 1.807) is 12.1 Å². The third-order valence-electron chi connectivity index (χ3n) is 4.55. The van der Waals surface area contributed by atoms with E-state index in [1.165, 1.54) is 22.7 Å². The number of hydrogen-bond donors (Lipinski definition) is 1. The Hall–Kier alpha value is -2.41. The van der Waals surface area contributed by atoms with E-state index in [9.17, 15) is 17.6 Å². The maximum absolute atomic E-state index is 13.0. The molecule has 0 unspecified atom stereocenters. The zero-order valence-electron chi connectivity index (χ0n) is 16.7. The maximum Gasteiger partial charge on any atom is 0.232 e. The quantitative estimate of drug-likeness (QED) is 0.724. The van der Waals surface area contributed by atoms with Crippen LogP contribution in [0.15, 0.2) is 42.5 Å². The average molecular weight is 407 g/mol. The Labute approximate surface area is 166 Å². The molecule has 1 amide bonds. The van der Waals surface area contributed by atoms with Crippen LogP contribution in [0, 0.1) is 19.7 Å². The van der Waals surface area contributed by atoms with Crippen molar-refractivity contribution in [3.8, 4) is 0 Å². The first kappa shape index (κ1) is 21.9. The number of nitrogens with one attached hydrogen (secondary N) is 1. The number of carbonyl (C=O) groups excluding carboxylic acids is 1. The predicted molar refractivity (Wildman–Crippen MR) is 110 cm³/mol. The summed E-state index contributed by atoms with van der Waals surface area (Å²) in [7, 11) is -3.46. The number of nitrogens with zero attached hydrogens (tertiary/aromatic N) is 1. The van der Waals surface area contributed by atoms with Gasteiger partial charge in [-0.3, -0.25) is 9.10 Å². The van der Waals surface area contributed by atoms with Crippen LogP contribution < -0.4 is 9.62 Å². The van der Waals surface area contributed by atoms with Gasteiger partial charge >= 0.3 is 0 Å². The van der Waals surface area contributed by atoms with E-state index >= 15 is 0 Å². The minimum atomic E-state index is -3.46. The molecule has 2 aromatic carbocycles. The summed E-state index contributed by atoms with van der Waals surface area (Å²) in [6, 6.07) is 11.4. The Morgan fingerprint density at radius 1 is 1.14 bits per heavy atom. The lowest BCUT2D eigenvalue weighted by molar-refractivity contribution is -0.121. The first-order valence-corrected chi connectivity index (χ1v) is 11.0. The van der Waals surface area contributed by atoms with Gasteiger partial charge in [-0.1, -0.05) is 24.3 Å². The number of anilines is 1.